The number of nitrogens with zero attached hydrogens (tertiary/aromatic N) is 3. The fraction of sp³-hybridized carbons (Fsp3) is 0.316. The minimum atomic E-state index is -0.292. The lowest BCUT2D eigenvalue weighted by Gasteiger charge is -2.14. The van der Waals surface area contributed by atoms with Gasteiger partial charge >= 0.3 is 0 Å². The predicted molar refractivity (Wildman–Crippen MR) is 101 cm³/mol. The molecule has 2 aromatic rings. The molecule has 8 heteroatoms. The largest absolute Gasteiger partial charge is 0.300 e. The maximum atomic E-state index is 12.4. The molecule has 0 saturated carbocycles. The number of imide groups is 1. The van der Waals surface area contributed by atoms with Gasteiger partial charge in [0.2, 0.25) is 22.9 Å². The molecule has 1 aliphatic carbocycles. The molecule has 138 valence electrons. The van der Waals surface area contributed by atoms with Crippen molar-refractivity contribution in [2.24, 2.45) is 11.8 Å². The summed E-state index contributed by atoms with van der Waals surface area (Å²) in [6, 6.07) is 9.58. The van der Waals surface area contributed by atoms with E-state index < -0.39 is 0 Å². The zero-order chi connectivity index (χ0) is 18.8. The molecular weight excluding hydrogens is 364 g/mol. The number of likely N-dealkylation sites (tertiary alicyclic amines) is 1. The van der Waals surface area contributed by atoms with Crippen LogP contribution in [-0.2, 0) is 14.4 Å². The molecule has 2 heterocycles. The molecule has 0 radical (unpaired) electrons. The van der Waals surface area contributed by atoms with Gasteiger partial charge in [0, 0.05) is 18.5 Å². The second-order valence-electron chi connectivity index (χ2n) is 6.56. The van der Waals surface area contributed by atoms with Gasteiger partial charge in [-0.3, -0.25) is 19.3 Å². The van der Waals surface area contributed by atoms with Gasteiger partial charge in [-0.1, -0.05) is 53.8 Å². The van der Waals surface area contributed by atoms with Gasteiger partial charge in [0.1, 0.15) is 5.01 Å². The summed E-state index contributed by atoms with van der Waals surface area (Å²) in [6.07, 6.45) is 5.14. The van der Waals surface area contributed by atoms with Gasteiger partial charge in [0.05, 0.1) is 11.8 Å². The molecule has 1 aromatic heterocycles. The molecule has 1 N–H and O–H groups in total. The second kappa shape index (κ2) is 7.40. The number of carbonyl (C=O) groups excluding carboxylic acids is 3. The number of allylic oxidation sites excluding steroid dienone is 2. The van der Waals surface area contributed by atoms with Crippen LogP contribution in [0, 0.1) is 11.8 Å². The van der Waals surface area contributed by atoms with Gasteiger partial charge in [-0.25, -0.2) is 0 Å². The average molecular weight is 382 g/mol. The first-order valence-electron chi connectivity index (χ1n) is 8.82. The summed E-state index contributed by atoms with van der Waals surface area (Å²) in [5.74, 6) is -1.14. The monoisotopic (exact) mass is 382 g/mol. The van der Waals surface area contributed by atoms with Crippen LogP contribution in [-0.4, -0.2) is 39.4 Å². The minimum absolute atomic E-state index is 0.0462. The molecule has 1 fully saturated rings. The molecule has 1 aromatic carbocycles. The molecule has 1 aliphatic heterocycles. The fourth-order valence-corrected chi connectivity index (χ4v) is 4.22. The van der Waals surface area contributed by atoms with Crippen molar-refractivity contribution in [2.75, 3.05) is 11.9 Å². The van der Waals surface area contributed by atoms with Gasteiger partial charge in [-0.05, 0) is 12.8 Å². The lowest BCUT2D eigenvalue weighted by Crippen LogP contribution is -2.34. The van der Waals surface area contributed by atoms with Gasteiger partial charge in [-0.15, -0.1) is 10.2 Å². The van der Waals surface area contributed by atoms with Crippen molar-refractivity contribution in [3.05, 3.63) is 42.5 Å². The number of hydrogen-bond acceptors (Lipinski definition) is 6. The lowest BCUT2D eigenvalue weighted by atomic mass is 9.85. The fourth-order valence-electron chi connectivity index (χ4n) is 3.46. The zero-order valence-corrected chi connectivity index (χ0v) is 15.3. The SMILES string of the molecule is O=C(CCN1C(=O)[C@H]2CC=CC[C@H]2C1=O)Nc1nnc(-c2ccccc2)s1. The van der Waals surface area contributed by atoms with Crippen molar-refractivity contribution in [1.29, 1.82) is 0 Å². The number of nitrogens with one attached hydrogen (secondary N) is 1. The van der Waals surface area contributed by atoms with E-state index in [1.807, 2.05) is 42.5 Å². The van der Waals surface area contributed by atoms with Crippen molar-refractivity contribution < 1.29 is 14.4 Å². The summed E-state index contributed by atoms with van der Waals surface area (Å²) in [5, 5.41) is 11.9. The minimum Gasteiger partial charge on any atom is -0.300 e. The molecule has 0 bridgehead atoms. The van der Waals surface area contributed by atoms with Crippen LogP contribution in [0.2, 0.25) is 0 Å². The Labute approximate surface area is 160 Å². The van der Waals surface area contributed by atoms with Crippen LogP contribution in [0.5, 0.6) is 0 Å². The first-order valence-corrected chi connectivity index (χ1v) is 9.64. The van der Waals surface area contributed by atoms with Crippen molar-refractivity contribution in [3.8, 4) is 10.6 Å². The number of carbonyl (C=O) groups is 3. The van der Waals surface area contributed by atoms with E-state index in [1.165, 1.54) is 16.2 Å². The average Bonchev–Trinajstić information content (AvgIpc) is 3.25. The van der Waals surface area contributed by atoms with Crippen molar-refractivity contribution >= 4 is 34.2 Å². The van der Waals surface area contributed by atoms with Crippen LogP contribution in [0.1, 0.15) is 19.3 Å². The first kappa shape index (κ1) is 17.5. The summed E-state index contributed by atoms with van der Waals surface area (Å²) in [7, 11) is 0. The van der Waals surface area contributed by atoms with Crippen molar-refractivity contribution in [1.82, 2.24) is 15.1 Å². The lowest BCUT2D eigenvalue weighted by molar-refractivity contribution is -0.140. The van der Waals surface area contributed by atoms with Gasteiger partial charge in [0.15, 0.2) is 0 Å². The quantitative estimate of drug-likeness (QED) is 0.634. The zero-order valence-electron chi connectivity index (χ0n) is 14.5. The van der Waals surface area contributed by atoms with Crippen LogP contribution < -0.4 is 5.32 Å². The third kappa shape index (κ3) is 3.52. The Morgan fingerprint density at radius 3 is 2.41 bits per heavy atom. The molecule has 2 atom stereocenters. The summed E-state index contributed by atoms with van der Waals surface area (Å²) in [4.78, 5) is 38.2. The second-order valence-corrected chi connectivity index (χ2v) is 7.54. The van der Waals surface area contributed by atoms with E-state index in [2.05, 4.69) is 15.5 Å². The highest BCUT2D eigenvalue weighted by molar-refractivity contribution is 7.18. The maximum Gasteiger partial charge on any atom is 0.233 e. The van der Waals surface area contributed by atoms with E-state index >= 15 is 0 Å². The van der Waals surface area contributed by atoms with Crippen LogP contribution in [0.25, 0.3) is 10.6 Å². The van der Waals surface area contributed by atoms with E-state index in [-0.39, 0.29) is 42.5 Å². The van der Waals surface area contributed by atoms with Gasteiger partial charge in [0.25, 0.3) is 0 Å². The van der Waals surface area contributed by atoms with Crippen molar-refractivity contribution in [3.63, 3.8) is 0 Å². The number of aromatic nitrogens is 2. The van der Waals surface area contributed by atoms with E-state index in [4.69, 9.17) is 0 Å². The highest BCUT2D eigenvalue weighted by Crippen LogP contribution is 2.35. The van der Waals surface area contributed by atoms with Crippen LogP contribution in [0.15, 0.2) is 42.5 Å². The Morgan fingerprint density at radius 1 is 1.07 bits per heavy atom. The van der Waals surface area contributed by atoms with Crippen LogP contribution in [0.4, 0.5) is 5.13 Å². The van der Waals surface area contributed by atoms with Gasteiger partial charge < -0.3 is 5.32 Å². The number of fused-ring (bicyclic) bond motifs is 1. The van der Waals surface area contributed by atoms with Crippen molar-refractivity contribution in [2.45, 2.75) is 19.3 Å². The molecule has 3 amide bonds. The first-order chi connectivity index (χ1) is 13.1. The Morgan fingerprint density at radius 2 is 1.74 bits per heavy atom. The maximum absolute atomic E-state index is 12.4. The third-order valence-electron chi connectivity index (χ3n) is 4.85. The summed E-state index contributed by atoms with van der Waals surface area (Å²) in [6.45, 7) is 0.0981. The Bertz CT molecular complexity index is 883. The summed E-state index contributed by atoms with van der Waals surface area (Å²) >= 11 is 1.28. The van der Waals surface area contributed by atoms with Gasteiger partial charge in [-0.2, -0.15) is 0 Å². The Kier molecular flexibility index (Phi) is 4.81. The molecule has 1 saturated heterocycles. The predicted octanol–water partition coefficient (Wildman–Crippen LogP) is 2.48. The van der Waals surface area contributed by atoms with E-state index in [0.29, 0.717) is 23.0 Å². The third-order valence-corrected chi connectivity index (χ3v) is 5.74. The highest BCUT2D eigenvalue weighted by atomic mass is 32.1. The number of anilines is 1. The Hall–Kier alpha value is -2.87. The smallest absolute Gasteiger partial charge is 0.233 e. The molecular formula is C19H18N4O3S. The number of hydrogen-bond donors (Lipinski definition) is 1. The van der Waals surface area contributed by atoms with E-state index in [9.17, 15) is 14.4 Å². The molecule has 7 nitrogen and oxygen atoms in total. The van der Waals surface area contributed by atoms with E-state index in [1.54, 1.807) is 0 Å². The summed E-state index contributed by atoms with van der Waals surface area (Å²) < 4.78 is 0. The van der Waals surface area contributed by atoms with Crippen LogP contribution >= 0.6 is 11.3 Å². The molecule has 4 rings (SSSR count). The molecule has 2 aliphatic rings. The number of amides is 3. The topological polar surface area (TPSA) is 92.3 Å². The number of rotatable bonds is 5. The molecule has 0 spiro atoms. The van der Waals surface area contributed by atoms with Crippen LogP contribution in [0.3, 0.4) is 0 Å². The summed E-state index contributed by atoms with van der Waals surface area (Å²) in [5.41, 5.74) is 0.931. The molecule has 27 heavy (non-hydrogen) atoms. The standard InChI is InChI=1S/C19H18N4O3S/c24-15(20-19-22-21-16(27-19)12-6-2-1-3-7-12)10-11-23-17(25)13-8-4-5-9-14(13)18(23)26/h1-7,13-14H,8-11H2,(H,20,22,24)/t13-,14+. The van der Waals surface area contributed by atoms with E-state index in [0.717, 1.165) is 5.56 Å². The normalized spacial score (nSPS) is 21.4. The molecule has 0 unspecified atom stereocenters. The number of benzene rings is 1. The Balaban J connectivity index is 1.33. The highest BCUT2D eigenvalue weighted by Gasteiger charge is 2.46.